The standard InChI is InChI=1S/C26H36N2O5S/c1-16(2)13-26(24(30)31)14-18(15-32-6)21(22-27-10-11-34-22)28(26)23(29)17-8-9-19(25(3,4)5)20(12-17)33-7/h8-12,16,18,21H,13-15H2,1-7H3,(H,30,31)/t18?,21?,26-/m0/s1. The molecule has 1 aliphatic rings. The topological polar surface area (TPSA) is 89.0 Å². The molecule has 2 heterocycles. The van der Waals surface area contributed by atoms with Crippen molar-refractivity contribution >= 4 is 23.2 Å². The number of aromatic nitrogens is 1. The van der Waals surface area contributed by atoms with Crippen LogP contribution in [0.15, 0.2) is 29.8 Å². The minimum Gasteiger partial charge on any atom is -0.496 e. The van der Waals surface area contributed by atoms with E-state index in [2.05, 4.69) is 25.8 Å². The molecule has 3 rings (SSSR count). The summed E-state index contributed by atoms with van der Waals surface area (Å²) in [4.78, 5) is 33.1. The number of methoxy groups -OCH3 is 2. The number of carboxylic acid groups (broad SMARTS) is 1. The molecule has 0 bridgehead atoms. The molecule has 1 N–H and O–H groups in total. The van der Waals surface area contributed by atoms with Crippen LogP contribution in [0, 0.1) is 11.8 Å². The van der Waals surface area contributed by atoms with Gasteiger partial charge in [0.25, 0.3) is 5.91 Å². The van der Waals surface area contributed by atoms with Crippen molar-refractivity contribution in [3.05, 3.63) is 45.9 Å². The predicted molar refractivity (Wildman–Crippen MR) is 133 cm³/mol. The first-order valence-electron chi connectivity index (χ1n) is 11.6. The third-order valence-corrected chi connectivity index (χ3v) is 7.34. The molecular formula is C26H36N2O5S. The summed E-state index contributed by atoms with van der Waals surface area (Å²) in [7, 11) is 3.19. The van der Waals surface area contributed by atoms with Crippen molar-refractivity contribution in [1.82, 2.24) is 9.88 Å². The molecule has 0 saturated carbocycles. The molecule has 0 spiro atoms. The van der Waals surface area contributed by atoms with Crippen LogP contribution in [0.1, 0.15) is 74.4 Å². The lowest BCUT2D eigenvalue weighted by Crippen LogP contribution is -2.54. The molecular weight excluding hydrogens is 452 g/mol. The molecule has 1 amide bonds. The number of carboxylic acids is 1. The fourth-order valence-corrected chi connectivity index (χ4v) is 6.04. The molecule has 1 fully saturated rings. The number of hydrogen-bond donors (Lipinski definition) is 1. The number of nitrogens with zero attached hydrogens (tertiary/aromatic N) is 2. The van der Waals surface area contributed by atoms with Gasteiger partial charge in [0, 0.05) is 30.2 Å². The van der Waals surface area contributed by atoms with Crippen LogP contribution in [-0.4, -0.2) is 53.2 Å². The zero-order valence-electron chi connectivity index (χ0n) is 21.1. The van der Waals surface area contributed by atoms with Crippen LogP contribution >= 0.6 is 11.3 Å². The van der Waals surface area contributed by atoms with Crippen LogP contribution < -0.4 is 4.74 Å². The third-order valence-electron chi connectivity index (χ3n) is 6.49. The summed E-state index contributed by atoms with van der Waals surface area (Å²) < 4.78 is 11.1. The Bertz CT molecular complexity index is 1010. The van der Waals surface area contributed by atoms with E-state index in [-0.39, 0.29) is 23.2 Å². The molecule has 186 valence electrons. The second-order valence-electron chi connectivity index (χ2n) is 10.5. The first kappa shape index (κ1) is 26.2. The normalized spacial score (nSPS) is 22.9. The summed E-state index contributed by atoms with van der Waals surface area (Å²) in [5.74, 6) is -0.830. The molecule has 2 aromatic rings. The van der Waals surface area contributed by atoms with Crippen molar-refractivity contribution in [3.63, 3.8) is 0 Å². The van der Waals surface area contributed by atoms with Gasteiger partial charge in [-0.25, -0.2) is 9.78 Å². The number of carbonyl (C=O) groups is 2. The van der Waals surface area contributed by atoms with Crippen LogP contribution in [0.5, 0.6) is 5.75 Å². The minimum atomic E-state index is -1.36. The molecule has 3 atom stereocenters. The van der Waals surface area contributed by atoms with Crippen molar-refractivity contribution in [2.24, 2.45) is 11.8 Å². The van der Waals surface area contributed by atoms with Crippen LogP contribution in [-0.2, 0) is 14.9 Å². The first-order valence-corrected chi connectivity index (χ1v) is 12.5. The van der Waals surface area contributed by atoms with E-state index in [4.69, 9.17) is 9.47 Å². The molecule has 1 saturated heterocycles. The number of amides is 1. The Morgan fingerprint density at radius 2 is 2.00 bits per heavy atom. The van der Waals surface area contributed by atoms with E-state index in [0.29, 0.717) is 30.8 Å². The Balaban J connectivity index is 2.19. The maximum Gasteiger partial charge on any atom is 0.329 e. The number of rotatable bonds is 8. The van der Waals surface area contributed by atoms with Crippen LogP contribution in [0.3, 0.4) is 0 Å². The molecule has 1 aliphatic heterocycles. The van der Waals surface area contributed by atoms with Crippen molar-refractivity contribution in [2.45, 2.75) is 64.5 Å². The summed E-state index contributed by atoms with van der Waals surface area (Å²) in [6.45, 7) is 10.6. The molecule has 0 aliphatic carbocycles. The van der Waals surface area contributed by atoms with Gasteiger partial charge >= 0.3 is 5.97 Å². The minimum absolute atomic E-state index is 0.0717. The SMILES string of the molecule is COCC1C[C@@](CC(C)C)(C(=O)O)N(C(=O)c2ccc(C(C)(C)C)c(OC)c2)C1c1nccs1. The van der Waals surface area contributed by atoms with E-state index in [9.17, 15) is 14.7 Å². The van der Waals surface area contributed by atoms with Gasteiger partial charge in [-0.15, -0.1) is 11.3 Å². The number of likely N-dealkylation sites (tertiary alicyclic amines) is 1. The van der Waals surface area contributed by atoms with Crippen LogP contribution in [0.4, 0.5) is 0 Å². The average Bonchev–Trinajstić information content (AvgIpc) is 3.38. The van der Waals surface area contributed by atoms with Gasteiger partial charge < -0.3 is 19.5 Å². The van der Waals surface area contributed by atoms with Gasteiger partial charge in [-0.05, 0) is 41.9 Å². The quantitative estimate of drug-likeness (QED) is 0.552. The molecule has 8 heteroatoms. The van der Waals surface area contributed by atoms with E-state index in [1.165, 1.54) is 11.3 Å². The maximum absolute atomic E-state index is 14.2. The fourth-order valence-electron chi connectivity index (χ4n) is 5.22. The Labute approximate surface area is 206 Å². The summed E-state index contributed by atoms with van der Waals surface area (Å²) in [5.41, 5.74) is -0.149. The van der Waals surface area contributed by atoms with E-state index >= 15 is 0 Å². The zero-order valence-corrected chi connectivity index (χ0v) is 21.9. The largest absolute Gasteiger partial charge is 0.496 e. The number of hydrogen-bond acceptors (Lipinski definition) is 6. The highest BCUT2D eigenvalue weighted by Gasteiger charge is 2.59. The molecule has 1 aromatic carbocycles. The van der Waals surface area contributed by atoms with Crippen molar-refractivity contribution in [3.8, 4) is 5.75 Å². The number of thiazole rings is 1. The Morgan fingerprint density at radius 3 is 2.50 bits per heavy atom. The van der Waals surface area contributed by atoms with Crippen molar-refractivity contribution in [2.75, 3.05) is 20.8 Å². The zero-order chi connectivity index (χ0) is 25.3. The van der Waals surface area contributed by atoms with Crippen molar-refractivity contribution in [1.29, 1.82) is 0 Å². The summed E-state index contributed by atoms with van der Waals surface area (Å²) in [6.07, 6.45) is 2.34. The second kappa shape index (κ2) is 10.0. The van der Waals surface area contributed by atoms with Gasteiger partial charge in [-0.1, -0.05) is 40.7 Å². The molecule has 1 aromatic heterocycles. The lowest BCUT2D eigenvalue weighted by Gasteiger charge is -2.39. The van der Waals surface area contributed by atoms with E-state index < -0.39 is 17.6 Å². The highest BCUT2D eigenvalue weighted by atomic mass is 32.1. The molecule has 34 heavy (non-hydrogen) atoms. The van der Waals surface area contributed by atoms with Gasteiger partial charge in [0.1, 0.15) is 16.3 Å². The van der Waals surface area contributed by atoms with E-state index in [1.54, 1.807) is 37.4 Å². The van der Waals surface area contributed by atoms with E-state index in [1.807, 2.05) is 25.3 Å². The number of carbonyl (C=O) groups excluding carboxylic acids is 1. The summed E-state index contributed by atoms with van der Waals surface area (Å²) in [6, 6.07) is 4.91. The summed E-state index contributed by atoms with van der Waals surface area (Å²) in [5, 5.41) is 13.1. The highest BCUT2D eigenvalue weighted by Crippen LogP contribution is 2.51. The fraction of sp³-hybridized carbons (Fsp3) is 0.577. The van der Waals surface area contributed by atoms with Gasteiger partial charge in [0.2, 0.25) is 0 Å². The predicted octanol–water partition coefficient (Wildman–Crippen LogP) is 5.17. The van der Waals surface area contributed by atoms with Crippen LogP contribution in [0.2, 0.25) is 0 Å². The lowest BCUT2D eigenvalue weighted by atomic mass is 9.83. The average molecular weight is 489 g/mol. The smallest absolute Gasteiger partial charge is 0.329 e. The van der Waals surface area contributed by atoms with Crippen LogP contribution in [0.25, 0.3) is 0 Å². The maximum atomic E-state index is 14.2. The van der Waals surface area contributed by atoms with Gasteiger partial charge in [0.15, 0.2) is 0 Å². The number of ether oxygens (including phenoxy) is 2. The van der Waals surface area contributed by atoms with Crippen molar-refractivity contribution < 1.29 is 24.2 Å². The van der Waals surface area contributed by atoms with Gasteiger partial charge in [-0.3, -0.25) is 4.79 Å². The summed E-state index contributed by atoms with van der Waals surface area (Å²) >= 11 is 1.43. The number of aliphatic carboxylic acids is 1. The molecule has 7 nitrogen and oxygen atoms in total. The Hall–Kier alpha value is -2.45. The van der Waals surface area contributed by atoms with Gasteiger partial charge in [-0.2, -0.15) is 0 Å². The first-order chi connectivity index (χ1) is 16.0. The third kappa shape index (κ3) is 4.84. The molecule has 2 unspecified atom stereocenters. The second-order valence-corrected chi connectivity index (χ2v) is 11.4. The molecule has 0 radical (unpaired) electrons. The monoisotopic (exact) mass is 488 g/mol. The lowest BCUT2D eigenvalue weighted by molar-refractivity contribution is -0.150. The Morgan fingerprint density at radius 1 is 1.29 bits per heavy atom. The van der Waals surface area contributed by atoms with E-state index in [0.717, 1.165) is 10.6 Å². The number of benzene rings is 1. The Kier molecular flexibility index (Phi) is 7.72. The van der Waals surface area contributed by atoms with Gasteiger partial charge in [0.05, 0.1) is 19.8 Å². The highest BCUT2D eigenvalue weighted by molar-refractivity contribution is 7.09.